The maximum atomic E-state index is 5.46. The van der Waals surface area contributed by atoms with Crippen LogP contribution in [0.3, 0.4) is 0 Å². The van der Waals surface area contributed by atoms with Gasteiger partial charge in [0.15, 0.2) is 0 Å². The van der Waals surface area contributed by atoms with Gasteiger partial charge in [-0.3, -0.25) is 4.90 Å². The number of rotatable bonds is 4. The summed E-state index contributed by atoms with van der Waals surface area (Å²) in [4.78, 5) is 2.20. The molecular weight excluding hydrogens is 261 g/mol. The Hall–Kier alpha value is -0.310. The molecule has 0 atom stereocenters. The van der Waals surface area contributed by atoms with Crippen molar-refractivity contribution < 1.29 is 0 Å². The van der Waals surface area contributed by atoms with Crippen LogP contribution in [-0.2, 0) is 6.54 Å². The van der Waals surface area contributed by atoms with Gasteiger partial charge < -0.3 is 0 Å². The van der Waals surface area contributed by atoms with Crippen LogP contribution in [-0.4, -0.2) is 18.5 Å². The molecule has 0 N–H and O–H groups in total. The van der Waals surface area contributed by atoms with Crippen molar-refractivity contribution in [2.75, 3.05) is 13.6 Å². The summed E-state index contributed by atoms with van der Waals surface area (Å²) in [5.74, 6) is 0. The second kappa shape index (κ2) is 6.23. The van der Waals surface area contributed by atoms with Crippen LogP contribution in [0.15, 0.2) is 40.3 Å². The van der Waals surface area contributed by atoms with Crippen molar-refractivity contribution in [2.24, 2.45) is 0 Å². The van der Waals surface area contributed by atoms with Crippen molar-refractivity contribution in [3.63, 3.8) is 0 Å². The first-order valence-corrected chi connectivity index (χ1v) is 5.63. The van der Waals surface area contributed by atoms with Crippen LogP contribution in [0.4, 0.5) is 0 Å². The van der Waals surface area contributed by atoms with Gasteiger partial charge in [0.05, 0.1) is 0 Å². The van der Waals surface area contributed by atoms with Crippen molar-refractivity contribution in [3.8, 4) is 0 Å². The summed E-state index contributed by atoms with van der Waals surface area (Å²) in [6.45, 7) is 1.81. The molecule has 0 radical (unpaired) electrons. The molecule has 0 heterocycles. The van der Waals surface area contributed by atoms with Gasteiger partial charge in [-0.1, -0.05) is 45.7 Å². The van der Waals surface area contributed by atoms with E-state index < -0.39 is 0 Å². The van der Waals surface area contributed by atoms with Crippen molar-refractivity contribution in [1.82, 2.24) is 4.90 Å². The van der Waals surface area contributed by atoms with Gasteiger partial charge in [0, 0.05) is 23.1 Å². The quantitative estimate of drug-likeness (QED) is 0.810. The van der Waals surface area contributed by atoms with Crippen LogP contribution in [0, 0.1) is 0 Å². The molecule has 1 aromatic rings. The molecule has 0 fully saturated rings. The maximum absolute atomic E-state index is 5.46. The summed E-state index contributed by atoms with van der Waals surface area (Å²) < 4.78 is 1.12. The Balaban J connectivity index is 2.47. The van der Waals surface area contributed by atoms with E-state index in [1.165, 1.54) is 5.56 Å². The third-order valence-corrected chi connectivity index (χ3v) is 2.58. The van der Waals surface area contributed by atoms with Gasteiger partial charge in [0.25, 0.3) is 0 Å². The molecule has 3 heteroatoms. The number of likely N-dealkylation sites (N-methyl/N-ethyl adjacent to an activating group) is 1. The lowest BCUT2D eigenvalue weighted by Crippen LogP contribution is -2.17. The zero-order valence-corrected chi connectivity index (χ0v) is 10.4. The van der Waals surface area contributed by atoms with Gasteiger partial charge in [-0.05, 0) is 24.7 Å². The SMILES string of the molecule is CN(C/C=C/Cl)Cc1ccc(Br)cc1. The Morgan fingerprint density at radius 1 is 1.36 bits per heavy atom. The van der Waals surface area contributed by atoms with E-state index in [0.717, 1.165) is 17.6 Å². The highest BCUT2D eigenvalue weighted by atomic mass is 79.9. The third-order valence-electron chi connectivity index (χ3n) is 1.87. The Bertz CT molecular complexity index is 295. The highest BCUT2D eigenvalue weighted by Crippen LogP contribution is 2.11. The monoisotopic (exact) mass is 273 g/mol. The summed E-state index contributed by atoms with van der Waals surface area (Å²) >= 11 is 8.87. The molecule has 1 aromatic carbocycles. The molecule has 1 nitrogen and oxygen atoms in total. The molecule has 0 bridgehead atoms. The average Bonchev–Trinajstić information content (AvgIpc) is 2.18. The van der Waals surface area contributed by atoms with E-state index in [0.29, 0.717) is 0 Å². The van der Waals surface area contributed by atoms with Crippen LogP contribution in [0.25, 0.3) is 0 Å². The topological polar surface area (TPSA) is 3.24 Å². The van der Waals surface area contributed by atoms with Crippen molar-refractivity contribution in [3.05, 3.63) is 45.9 Å². The van der Waals surface area contributed by atoms with Crippen LogP contribution in [0.1, 0.15) is 5.56 Å². The minimum atomic E-state index is 0.875. The van der Waals surface area contributed by atoms with E-state index in [1.807, 2.05) is 6.08 Å². The van der Waals surface area contributed by atoms with E-state index in [2.05, 4.69) is 52.1 Å². The molecule has 14 heavy (non-hydrogen) atoms. The van der Waals surface area contributed by atoms with E-state index in [4.69, 9.17) is 11.6 Å². The minimum absolute atomic E-state index is 0.875. The first-order chi connectivity index (χ1) is 6.72. The Kier molecular flexibility index (Phi) is 5.23. The molecule has 0 saturated heterocycles. The molecule has 0 spiro atoms. The summed E-state index contributed by atoms with van der Waals surface area (Å²) in [6.07, 6.45) is 1.93. The van der Waals surface area contributed by atoms with E-state index >= 15 is 0 Å². The zero-order chi connectivity index (χ0) is 10.4. The van der Waals surface area contributed by atoms with Crippen molar-refractivity contribution >= 4 is 27.5 Å². The van der Waals surface area contributed by atoms with Crippen LogP contribution < -0.4 is 0 Å². The highest BCUT2D eigenvalue weighted by Gasteiger charge is 1.97. The molecule has 0 saturated carbocycles. The van der Waals surface area contributed by atoms with Crippen LogP contribution in [0.5, 0.6) is 0 Å². The van der Waals surface area contributed by atoms with Crippen LogP contribution >= 0.6 is 27.5 Å². The molecule has 0 aliphatic rings. The largest absolute Gasteiger partial charge is 0.298 e. The average molecular weight is 275 g/mol. The van der Waals surface area contributed by atoms with E-state index in [-0.39, 0.29) is 0 Å². The first-order valence-electron chi connectivity index (χ1n) is 4.40. The summed E-state index contributed by atoms with van der Waals surface area (Å²) in [6, 6.07) is 8.34. The Morgan fingerprint density at radius 2 is 2.00 bits per heavy atom. The fraction of sp³-hybridized carbons (Fsp3) is 0.273. The van der Waals surface area contributed by atoms with Gasteiger partial charge in [-0.25, -0.2) is 0 Å². The fourth-order valence-corrected chi connectivity index (χ4v) is 1.53. The zero-order valence-electron chi connectivity index (χ0n) is 8.08. The number of halogens is 2. The number of nitrogens with zero attached hydrogens (tertiary/aromatic N) is 1. The highest BCUT2D eigenvalue weighted by molar-refractivity contribution is 9.10. The lowest BCUT2D eigenvalue weighted by molar-refractivity contribution is 0.363. The molecular formula is C11H13BrClN. The fourth-order valence-electron chi connectivity index (χ4n) is 1.19. The summed E-state index contributed by atoms with van der Waals surface area (Å²) in [7, 11) is 2.07. The first kappa shape index (κ1) is 11.8. The second-order valence-corrected chi connectivity index (χ2v) is 4.35. The van der Waals surface area contributed by atoms with Gasteiger partial charge in [0.2, 0.25) is 0 Å². The predicted molar refractivity (Wildman–Crippen MR) is 65.5 cm³/mol. The molecule has 0 aromatic heterocycles. The normalized spacial score (nSPS) is 11.4. The minimum Gasteiger partial charge on any atom is -0.298 e. The van der Waals surface area contributed by atoms with Gasteiger partial charge in [-0.15, -0.1) is 0 Å². The van der Waals surface area contributed by atoms with Crippen molar-refractivity contribution in [2.45, 2.75) is 6.54 Å². The second-order valence-electron chi connectivity index (χ2n) is 3.18. The number of benzene rings is 1. The molecule has 0 aliphatic carbocycles. The molecule has 1 rings (SSSR count). The van der Waals surface area contributed by atoms with E-state index in [1.54, 1.807) is 5.54 Å². The maximum Gasteiger partial charge on any atom is 0.0234 e. The van der Waals surface area contributed by atoms with Crippen LogP contribution in [0.2, 0.25) is 0 Å². The van der Waals surface area contributed by atoms with Gasteiger partial charge >= 0.3 is 0 Å². The number of hydrogen-bond acceptors (Lipinski definition) is 1. The number of hydrogen-bond donors (Lipinski definition) is 0. The van der Waals surface area contributed by atoms with Crippen molar-refractivity contribution in [1.29, 1.82) is 0 Å². The molecule has 76 valence electrons. The summed E-state index contributed by atoms with van der Waals surface area (Å²) in [5.41, 5.74) is 2.86. The molecule has 0 aliphatic heterocycles. The lowest BCUT2D eigenvalue weighted by Gasteiger charge is -2.13. The Morgan fingerprint density at radius 3 is 2.57 bits per heavy atom. The molecule has 0 amide bonds. The van der Waals surface area contributed by atoms with Gasteiger partial charge in [0.1, 0.15) is 0 Å². The lowest BCUT2D eigenvalue weighted by atomic mass is 10.2. The standard InChI is InChI=1S/C11H13BrClN/c1-14(8-2-7-13)9-10-3-5-11(12)6-4-10/h2-7H,8-9H2,1H3/b7-2+. The Labute approximate surface area is 98.5 Å². The summed E-state index contributed by atoms with van der Waals surface area (Å²) in [5, 5.41) is 0. The smallest absolute Gasteiger partial charge is 0.0234 e. The van der Waals surface area contributed by atoms with Gasteiger partial charge in [-0.2, -0.15) is 0 Å². The van der Waals surface area contributed by atoms with E-state index in [9.17, 15) is 0 Å². The predicted octanol–water partition coefficient (Wildman–Crippen LogP) is 3.63. The molecule has 0 unspecified atom stereocenters. The third kappa shape index (κ3) is 4.27.